The molecule has 3 unspecified atom stereocenters. The predicted molar refractivity (Wildman–Crippen MR) is 162 cm³/mol. The first kappa shape index (κ1) is 30.9. The monoisotopic (exact) mass is 650 g/mol. The zero-order valence-corrected chi connectivity index (χ0v) is 25.5. The minimum absolute atomic E-state index is 0.115. The summed E-state index contributed by atoms with van der Waals surface area (Å²) in [6.45, 7) is 1.15. The van der Waals surface area contributed by atoms with Crippen LogP contribution in [0, 0.1) is 0 Å². The van der Waals surface area contributed by atoms with Gasteiger partial charge in [0.05, 0.1) is 32.2 Å². The summed E-state index contributed by atoms with van der Waals surface area (Å²) in [6, 6.07) is 11.7. The van der Waals surface area contributed by atoms with Gasteiger partial charge in [-0.3, -0.25) is 24.3 Å². The molecule has 2 aromatic rings. The molecule has 0 aliphatic carbocycles. The number of thioether (sulfide) groups is 1. The van der Waals surface area contributed by atoms with Crippen LogP contribution in [-0.2, 0) is 30.3 Å². The number of benzene rings is 2. The lowest BCUT2D eigenvalue weighted by atomic mass is 9.96. The molecule has 0 spiro atoms. The average molecular weight is 651 g/mol. The van der Waals surface area contributed by atoms with Crippen molar-refractivity contribution >= 4 is 53.3 Å². The van der Waals surface area contributed by atoms with E-state index in [-0.39, 0.29) is 43.1 Å². The smallest absolute Gasteiger partial charge is 0.352 e. The number of hydrogen-bond acceptors (Lipinski definition) is 10. The molecule has 4 atom stereocenters. The van der Waals surface area contributed by atoms with Gasteiger partial charge in [-0.05, 0) is 35.4 Å². The molecule has 0 bridgehead atoms. The zero-order chi connectivity index (χ0) is 32.7. The Morgan fingerprint density at radius 1 is 1.11 bits per heavy atom. The van der Waals surface area contributed by atoms with E-state index in [1.54, 1.807) is 31.4 Å². The van der Waals surface area contributed by atoms with Crippen LogP contribution in [0.1, 0.15) is 24.1 Å². The third-order valence-electron chi connectivity index (χ3n) is 8.08. The van der Waals surface area contributed by atoms with Gasteiger partial charge in [-0.25, -0.2) is 24.7 Å². The van der Waals surface area contributed by atoms with Crippen molar-refractivity contribution in [1.82, 2.24) is 25.6 Å². The molecule has 0 saturated carbocycles. The third kappa shape index (κ3) is 5.72. The molecule has 2 aromatic carbocycles. The van der Waals surface area contributed by atoms with Crippen LogP contribution in [0.5, 0.6) is 5.75 Å². The van der Waals surface area contributed by atoms with E-state index in [4.69, 9.17) is 9.47 Å². The molecule has 4 aliphatic heterocycles. The van der Waals surface area contributed by atoms with Crippen LogP contribution in [0.2, 0.25) is 0 Å². The van der Waals surface area contributed by atoms with Crippen LogP contribution < -0.4 is 20.8 Å². The number of carbonyl (C=O) groups is 6. The molecule has 15 nitrogen and oxygen atoms in total. The summed E-state index contributed by atoms with van der Waals surface area (Å²) < 4.78 is 10.1. The van der Waals surface area contributed by atoms with Gasteiger partial charge in [-0.15, -0.1) is 11.8 Å². The van der Waals surface area contributed by atoms with Crippen LogP contribution in [-0.4, -0.2) is 99.2 Å². The molecule has 4 aliphatic rings. The van der Waals surface area contributed by atoms with E-state index >= 15 is 0 Å². The number of anilines is 1. The van der Waals surface area contributed by atoms with E-state index < -0.39 is 47.2 Å². The van der Waals surface area contributed by atoms with Gasteiger partial charge in [0, 0.05) is 23.9 Å². The van der Waals surface area contributed by atoms with Crippen molar-refractivity contribution in [2.75, 3.05) is 31.3 Å². The first-order chi connectivity index (χ1) is 22.0. The Morgan fingerprint density at radius 2 is 1.87 bits per heavy atom. The SMILES string of the molecule is COc1ccc(C2NN3C(=O)N(C(=O)Nc4cccc(CC(=O)NC5C(=O)N6C(C(=O)O)=C(COC(C)=O)CS[C@@H]56)c4)CC23)cc1. The fourth-order valence-electron chi connectivity index (χ4n) is 5.80. The van der Waals surface area contributed by atoms with Gasteiger partial charge in [0.15, 0.2) is 0 Å². The lowest BCUT2D eigenvalue weighted by molar-refractivity contribution is -0.151. The van der Waals surface area contributed by atoms with Gasteiger partial charge >= 0.3 is 24.0 Å². The number of ether oxygens (including phenoxy) is 2. The van der Waals surface area contributed by atoms with Crippen molar-refractivity contribution in [3.63, 3.8) is 0 Å². The van der Waals surface area contributed by atoms with Crippen LogP contribution in [0.3, 0.4) is 0 Å². The van der Waals surface area contributed by atoms with E-state index in [2.05, 4.69) is 16.1 Å². The minimum Gasteiger partial charge on any atom is -0.497 e. The summed E-state index contributed by atoms with van der Waals surface area (Å²) in [6.07, 6.45) is -0.115. The van der Waals surface area contributed by atoms with Crippen molar-refractivity contribution in [2.45, 2.75) is 36.8 Å². The number of carboxylic acids is 1. The highest BCUT2D eigenvalue weighted by Crippen LogP contribution is 2.40. The first-order valence-electron chi connectivity index (χ1n) is 14.3. The second-order valence-electron chi connectivity index (χ2n) is 11.0. The van der Waals surface area contributed by atoms with Gasteiger partial charge in [-0.2, -0.15) is 0 Å². The number of rotatable bonds is 9. The number of methoxy groups -OCH3 is 1. The predicted octanol–water partition coefficient (Wildman–Crippen LogP) is 1.44. The summed E-state index contributed by atoms with van der Waals surface area (Å²) in [4.78, 5) is 77.0. The standard InChI is InChI=1S/C30H30N6O9S/c1-15(37)45-13-18-14-46-27-24(26(39)35(27)25(18)28(40)41)32-22(38)11-16-4-3-5-19(10-16)31-29(42)34-12-21-23(33-36(21)30(34)43)17-6-8-20(44-2)9-7-17/h3-10,21,23-24,27,33H,11-14H2,1-2H3,(H,31,42)(H,32,38)(H,40,41)/t21?,23?,24?,27-/m0/s1. The number of urea groups is 2. The Kier molecular flexibility index (Phi) is 8.31. The van der Waals surface area contributed by atoms with E-state index in [0.717, 1.165) is 15.4 Å². The van der Waals surface area contributed by atoms with Gasteiger partial charge in [0.2, 0.25) is 5.91 Å². The molecule has 16 heteroatoms. The van der Waals surface area contributed by atoms with E-state index in [1.165, 1.54) is 23.7 Å². The molecule has 4 heterocycles. The third-order valence-corrected chi connectivity index (χ3v) is 9.42. The fourth-order valence-corrected chi connectivity index (χ4v) is 7.13. The summed E-state index contributed by atoms with van der Waals surface area (Å²) in [5.41, 5.74) is 5.03. The van der Waals surface area contributed by atoms with Crippen LogP contribution >= 0.6 is 11.8 Å². The summed E-state index contributed by atoms with van der Waals surface area (Å²) in [5.74, 6) is -2.00. The molecule has 3 fully saturated rings. The van der Waals surface area contributed by atoms with E-state index in [0.29, 0.717) is 22.6 Å². The molecule has 3 saturated heterocycles. The van der Waals surface area contributed by atoms with Gasteiger partial charge in [0.25, 0.3) is 5.91 Å². The normalized spacial score (nSPS) is 23.1. The van der Waals surface area contributed by atoms with Crippen LogP contribution in [0.25, 0.3) is 0 Å². The second kappa shape index (κ2) is 12.4. The number of esters is 1. The summed E-state index contributed by atoms with van der Waals surface area (Å²) in [7, 11) is 1.58. The van der Waals surface area contributed by atoms with E-state index in [1.807, 2.05) is 24.3 Å². The van der Waals surface area contributed by atoms with Crippen LogP contribution in [0.4, 0.5) is 15.3 Å². The number of aliphatic carboxylic acids is 1. The van der Waals surface area contributed by atoms with Crippen LogP contribution in [0.15, 0.2) is 59.8 Å². The Labute approximate surface area is 266 Å². The molecule has 4 N–H and O–H groups in total. The Balaban J connectivity index is 1.03. The first-order valence-corrected chi connectivity index (χ1v) is 15.3. The number of nitrogens with one attached hydrogen (secondary N) is 3. The van der Waals surface area contributed by atoms with Gasteiger partial charge < -0.3 is 25.2 Å². The maximum absolute atomic E-state index is 13.1. The molecule has 0 radical (unpaired) electrons. The number of imide groups is 1. The van der Waals surface area contributed by atoms with Crippen molar-refractivity contribution in [3.8, 4) is 5.75 Å². The topological polar surface area (TPSA) is 187 Å². The number of hydrazine groups is 1. The minimum atomic E-state index is -1.32. The molecular weight excluding hydrogens is 620 g/mol. The largest absolute Gasteiger partial charge is 0.497 e. The lowest BCUT2D eigenvalue weighted by Gasteiger charge is -2.49. The van der Waals surface area contributed by atoms with Crippen molar-refractivity contribution in [3.05, 3.63) is 70.9 Å². The number of amides is 6. The summed E-state index contributed by atoms with van der Waals surface area (Å²) in [5, 5.41) is 15.9. The van der Waals surface area contributed by atoms with Gasteiger partial charge in [0.1, 0.15) is 29.5 Å². The highest BCUT2D eigenvalue weighted by molar-refractivity contribution is 8.00. The molecule has 240 valence electrons. The zero-order valence-electron chi connectivity index (χ0n) is 24.7. The van der Waals surface area contributed by atoms with Crippen molar-refractivity contribution in [1.29, 1.82) is 0 Å². The van der Waals surface area contributed by atoms with Crippen molar-refractivity contribution < 1.29 is 43.3 Å². The highest BCUT2D eigenvalue weighted by atomic mass is 32.2. The van der Waals surface area contributed by atoms with Gasteiger partial charge in [-0.1, -0.05) is 24.3 Å². The van der Waals surface area contributed by atoms with E-state index in [9.17, 15) is 33.9 Å². The number of fused-ring (bicyclic) bond motifs is 2. The maximum Gasteiger partial charge on any atom is 0.352 e. The Bertz CT molecular complexity index is 1660. The summed E-state index contributed by atoms with van der Waals surface area (Å²) >= 11 is 1.27. The number of nitrogens with zero attached hydrogens (tertiary/aromatic N) is 3. The molecule has 46 heavy (non-hydrogen) atoms. The quantitative estimate of drug-likeness (QED) is 0.227. The molecule has 6 amide bonds. The highest BCUT2D eigenvalue weighted by Gasteiger charge is 2.54. The molecular formula is C30H30N6O9S. The number of carboxylic acid groups (broad SMARTS) is 1. The molecule has 6 rings (SSSR count). The lowest BCUT2D eigenvalue weighted by Crippen LogP contribution is -2.70. The van der Waals surface area contributed by atoms with Crippen molar-refractivity contribution in [2.24, 2.45) is 0 Å². The number of hydrogen-bond donors (Lipinski definition) is 4. The fraction of sp³-hybridized carbons (Fsp3) is 0.333. The number of β-lactam (4-membered cyclic amide) rings is 1. The number of carbonyl (C=O) groups excluding carboxylic acids is 5. The Morgan fingerprint density at radius 3 is 2.57 bits per heavy atom. The second-order valence-corrected chi connectivity index (χ2v) is 12.1. The average Bonchev–Trinajstić information content (AvgIpc) is 3.27. The maximum atomic E-state index is 13.1. The Hall–Kier alpha value is -5.09. The molecule has 0 aromatic heterocycles.